The lowest BCUT2D eigenvalue weighted by Crippen LogP contribution is -2.14. The Morgan fingerprint density at radius 1 is 0.875 bits per heavy atom. The number of hydrogen-bond acceptors (Lipinski definition) is 5. The Morgan fingerprint density at radius 3 is 2.34 bits per heavy atom. The molecule has 0 spiro atoms. The van der Waals surface area contributed by atoms with E-state index in [4.69, 9.17) is 0 Å². The third-order valence-electron chi connectivity index (χ3n) is 5.06. The Hall–Kier alpha value is -3.16. The number of thioether (sulfide) groups is 1. The summed E-state index contributed by atoms with van der Waals surface area (Å²) >= 11 is 2.92. The van der Waals surface area contributed by atoms with Gasteiger partial charge in [-0.3, -0.25) is 9.59 Å². The average molecular weight is 462 g/mol. The number of anilines is 2. The van der Waals surface area contributed by atoms with Gasteiger partial charge in [-0.25, -0.2) is 4.98 Å². The molecule has 1 heterocycles. The van der Waals surface area contributed by atoms with Gasteiger partial charge in [-0.1, -0.05) is 35.5 Å². The maximum absolute atomic E-state index is 12.5. The first-order valence-corrected chi connectivity index (χ1v) is 12.0. The molecule has 1 aromatic heterocycles. The molecule has 2 N–H and O–H groups in total. The third-order valence-corrected chi connectivity index (χ3v) is 7.22. The van der Waals surface area contributed by atoms with Crippen LogP contribution in [0.4, 0.5) is 11.4 Å². The third kappa shape index (κ3) is 5.36. The highest BCUT2D eigenvalue weighted by molar-refractivity contribution is 8.01. The molecular formula is C25H23N3O2S2. The summed E-state index contributed by atoms with van der Waals surface area (Å²) in [7, 11) is 0. The van der Waals surface area contributed by atoms with Gasteiger partial charge in [0.1, 0.15) is 0 Å². The van der Waals surface area contributed by atoms with Crippen LogP contribution < -0.4 is 10.6 Å². The van der Waals surface area contributed by atoms with E-state index in [9.17, 15) is 9.59 Å². The first kappa shape index (κ1) is 22.0. The molecular weight excluding hydrogens is 438 g/mol. The Bertz CT molecular complexity index is 1300. The van der Waals surface area contributed by atoms with Crippen molar-refractivity contribution in [2.45, 2.75) is 25.1 Å². The van der Waals surface area contributed by atoms with E-state index in [1.807, 2.05) is 81.4 Å². The smallest absolute Gasteiger partial charge is 0.255 e. The van der Waals surface area contributed by atoms with Gasteiger partial charge in [-0.05, 0) is 74.4 Å². The summed E-state index contributed by atoms with van der Waals surface area (Å²) in [6.45, 7) is 6.06. The number of aromatic nitrogens is 1. The van der Waals surface area contributed by atoms with Gasteiger partial charge in [-0.15, -0.1) is 11.3 Å². The van der Waals surface area contributed by atoms with Crippen molar-refractivity contribution in [3.8, 4) is 0 Å². The number of hydrogen-bond donors (Lipinski definition) is 2. The van der Waals surface area contributed by atoms with Crippen LogP contribution in [-0.4, -0.2) is 22.6 Å². The lowest BCUT2D eigenvalue weighted by atomic mass is 10.1. The van der Waals surface area contributed by atoms with Crippen molar-refractivity contribution in [1.82, 2.24) is 4.98 Å². The minimum atomic E-state index is -0.147. The maximum atomic E-state index is 12.5. The zero-order chi connectivity index (χ0) is 22.7. The number of amides is 2. The molecule has 4 rings (SSSR count). The second kappa shape index (κ2) is 9.54. The molecule has 0 unspecified atom stereocenters. The van der Waals surface area contributed by atoms with Gasteiger partial charge < -0.3 is 10.6 Å². The highest BCUT2D eigenvalue weighted by atomic mass is 32.2. The molecule has 4 aromatic rings. The summed E-state index contributed by atoms with van der Waals surface area (Å²) in [6, 6.07) is 19.0. The number of fused-ring (bicyclic) bond motifs is 1. The molecule has 0 aliphatic rings. The van der Waals surface area contributed by atoms with Crippen LogP contribution in [0.25, 0.3) is 10.2 Å². The molecule has 0 atom stereocenters. The Balaban J connectivity index is 1.38. The van der Waals surface area contributed by atoms with Gasteiger partial charge in [-0.2, -0.15) is 0 Å². The summed E-state index contributed by atoms with van der Waals surface area (Å²) in [5.41, 5.74) is 6.44. The van der Waals surface area contributed by atoms with E-state index in [-0.39, 0.29) is 17.6 Å². The van der Waals surface area contributed by atoms with Crippen molar-refractivity contribution in [3.63, 3.8) is 0 Å². The minimum absolute atomic E-state index is 0.0661. The van der Waals surface area contributed by atoms with E-state index < -0.39 is 0 Å². The number of nitrogens with zero attached hydrogens (tertiary/aromatic N) is 1. The van der Waals surface area contributed by atoms with Crippen molar-refractivity contribution >= 4 is 56.5 Å². The summed E-state index contributed by atoms with van der Waals surface area (Å²) in [4.78, 5) is 29.4. The predicted molar refractivity (Wildman–Crippen MR) is 134 cm³/mol. The topological polar surface area (TPSA) is 71.1 Å². The zero-order valence-corrected chi connectivity index (χ0v) is 19.7. The maximum Gasteiger partial charge on any atom is 0.255 e. The van der Waals surface area contributed by atoms with E-state index >= 15 is 0 Å². The molecule has 0 saturated heterocycles. The van der Waals surface area contributed by atoms with E-state index in [0.717, 1.165) is 37.1 Å². The molecule has 3 aromatic carbocycles. The van der Waals surface area contributed by atoms with Crippen molar-refractivity contribution in [1.29, 1.82) is 0 Å². The number of carbonyl (C=O) groups excluding carboxylic acids is 2. The average Bonchev–Trinajstić information content (AvgIpc) is 3.17. The first-order valence-electron chi connectivity index (χ1n) is 10.2. The minimum Gasteiger partial charge on any atom is -0.325 e. The molecule has 0 aliphatic carbocycles. The highest BCUT2D eigenvalue weighted by Gasteiger charge is 2.11. The summed E-state index contributed by atoms with van der Waals surface area (Å²) in [5, 5.41) is 5.87. The van der Waals surface area contributed by atoms with E-state index in [2.05, 4.69) is 15.6 Å². The lowest BCUT2D eigenvalue weighted by molar-refractivity contribution is -0.113. The molecule has 5 nitrogen and oxygen atoms in total. The van der Waals surface area contributed by atoms with Crippen LogP contribution >= 0.6 is 23.1 Å². The number of carbonyl (C=O) groups is 2. The van der Waals surface area contributed by atoms with Gasteiger partial charge in [0.05, 0.1) is 16.0 Å². The monoisotopic (exact) mass is 461 g/mol. The van der Waals surface area contributed by atoms with Crippen molar-refractivity contribution in [3.05, 3.63) is 82.9 Å². The Kier molecular flexibility index (Phi) is 6.58. The van der Waals surface area contributed by atoms with Gasteiger partial charge in [0.15, 0.2) is 4.34 Å². The van der Waals surface area contributed by atoms with Gasteiger partial charge >= 0.3 is 0 Å². The SMILES string of the molecule is Cc1ccc(C(=O)Nc2ccc3nc(SCC(=O)Nc4ccc(C)c(C)c4)sc3c2)cc1. The fourth-order valence-corrected chi connectivity index (χ4v) is 5.00. The molecule has 2 amide bonds. The van der Waals surface area contributed by atoms with Crippen LogP contribution in [0, 0.1) is 20.8 Å². The molecule has 0 radical (unpaired) electrons. The Labute approximate surface area is 195 Å². The lowest BCUT2D eigenvalue weighted by Gasteiger charge is -2.06. The van der Waals surface area contributed by atoms with Gasteiger partial charge in [0, 0.05) is 16.9 Å². The van der Waals surface area contributed by atoms with Crippen molar-refractivity contribution in [2.24, 2.45) is 0 Å². The van der Waals surface area contributed by atoms with E-state index in [1.165, 1.54) is 28.7 Å². The molecule has 162 valence electrons. The molecule has 0 fully saturated rings. The largest absolute Gasteiger partial charge is 0.325 e. The fourth-order valence-electron chi connectivity index (χ4n) is 3.09. The number of nitrogens with one attached hydrogen (secondary N) is 2. The van der Waals surface area contributed by atoms with Gasteiger partial charge in [0.2, 0.25) is 5.91 Å². The summed E-state index contributed by atoms with van der Waals surface area (Å²) in [5.74, 6) is 0.0686. The van der Waals surface area contributed by atoms with Crippen LogP contribution in [0.3, 0.4) is 0 Å². The van der Waals surface area contributed by atoms with Crippen LogP contribution in [0.2, 0.25) is 0 Å². The summed E-state index contributed by atoms with van der Waals surface area (Å²) < 4.78 is 1.78. The van der Waals surface area contributed by atoms with E-state index in [0.29, 0.717) is 5.56 Å². The normalized spacial score (nSPS) is 10.8. The predicted octanol–water partition coefficient (Wildman–Crippen LogP) is 6.20. The van der Waals surface area contributed by atoms with E-state index in [1.54, 1.807) is 0 Å². The first-order chi connectivity index (χ1) is 15.4. The second-order valence-corrected chi connectivity index (χ2v) is 9.87. The Morgan fingerprint density at radius 2 is 1.59 bits per heavy atom. The zero-order valence-electron chi connectivity index (χ0n) is 18.1. The fraction of sp³-hybridized carbons (Fsp3) is 0.160. The van der Waals surface area contributed by atoms with Gasteiger partial charge in [0.25, 0.3) is 5.91 Å². The second-order valence-electron chi connectivity index (χ2n) is 7.62. The number of aryl methyl sites for hydroxylation is 3. The van der Waals surface area contributed by atoms with Crippen LogP contribution in [-0.2, 0) is 4.79 Å². The highest BCUT2D eigenvalue weighted by Crippen LogP contribution is 2.31. The molecule has 32 heavy (non-hydrogen) atoms. The quantitative estimate of drug-likeness (QED) is 0.335. The number of rotatable bonds is 6. The van der Waals surface area contributed by atoms with Crippen molar-refractivity contribution < 1.29 is 9.59 Å². The van der Waals surface area contributed by atoms with Crippen LogP contribution in [0.15, 0.2) is 65.0 Å². The molecule has 0 bridgehead atoms. The molecule has 7 heteroatoms. The summed E-state index contributed by atoms with van der Waals surface area (Å²) in [6.07, 6.45) is 0. The van der Waals surface area contributed by atoms with Crippen molar-refractivity contribution in [2.75, 3.05) is 16.4 Å². The van der Waals surface area contributed by atoms with Crippen LogP contribution in [0.5, 0.6) is 0 Å². The molecule has 0 saturated carbocycles. The number of benzene rings is 3. The van der Waals surface area contributed by atoms with Crippen LogP contribution in [0.1, 0.15) is 27.0 Å². The molecule has 0 aliphatic heterocycles. The standard InChI is InChI=1S/C25H23N3O2S2/c1-15-4-7-18(8-5-15)24(30)27-20-10-11-21-22(13-20)32-25(28-21)31-14-23(29)26-19-9-6-16(2)17(3)12-19/h4-13H,14H2,1-3H3,(H,26,29)(H,27,30). The number of thiazole rings is 1.